The summed E-state index contributed by atoms with van der Waals surface area (Å²) in [6, 6.07) is 7.86. The van der Waals surface area contributed by atoms with E-state index in [0.29, 0.717) is 11.1 Å². The lowest BCUT2D eigenvalue weighted by atomic mass is 9.97. The number of fused-ring (bicyclic) bond motifs is 3. The zero-order valence-electron chi connectivity index (χ0n) is 16.9. The third-order valence-corrected chi connectivity index (χ3v) is 7.56. The molecule has 4 rings (SSSR count). The van der Waals surface area contributed by atoms with Crippen molar-refractivity contribution in [1.82, 2.24) is 9.55 Å². The van der Waals surface area contributed by atoms with Gasteiger partial charge in [0.1, 0.15) is 4.83 Å². The summed E-state index contributed by atoms with van der Waals surface area (Å²) in [7, 11) is 1.75. The van der Waals surface area contributed by atoms with E-state index in [1.54, 1.807) is 23.0 Å². The summed E-state index contributed by atoms with van der Waals surface area (Å²) in [4.78, 5) is 32.3. The molecule has 2 aromatic heterocycles. The number of nitrogens with one attached hydrogen (secondary N) is 1. The summed E-state index contributed by atoms with van der Waals surface area (Å²) in [5.74, 6) is 0.445. The van der Waals surface area contributed by atoms with E-state index in [2.05, 4.69) is 19.2 Å². The van der Waals surface area contributed by atoms with E-state index in [-0.39, 0.29) is 17.2 Å². The minimum absolute atomic E-state index is 0.00228. The van der Waals surface area contributed by atoms with Crippen LogP contribution in [0, 0.1) is 0 Å². The number of benzene rings is 1. The minimum atomic E-state index is -0.0945. The molecule has 7 heteroatoms. The summed E-state index contributed by atoms with van der Waals surface area (Å²) in [5.41, 5.74) is 3.16. The summed E-state index contributed by atoms with van der Waals surface area (Å²) < 4.78 is 1.59. The molecule has 0 saturated carbocycles. The number of rotatable bonds is 5. The topological polar surface area (TPSA) is 64.0 Å². The van der Waals surface area contributed by atoms with E-state index in [0.717, 1.165) is 40.7 Å². The van der Waals surface area contributed by atoms with Crippen LogP contribution in [0.15, 0.2) is 34.2 Å². The van der Waals surface area contributed by atoms with Crippen LogP contribution in [0.4, 0.5) is 5.69 Å². The zero-order chi connectivity index (χ0) is 20.5. The molecule has 29 heavy (non-hydrogen) atoms. The van der Waals surface area contributed by atoms with Crippen molar-refractivity contribution >= 4 is 44.9 Å². The van der Waals surface area contributed by atoms with Gasteiger partial charge in [-0.15, -0.1) is 11.3 Å². The SMILES string of the molecule is CC(C)c1ccccc1NC(=O)CSc1nc2sc3c(c2c(=O)n1C)CCCC3. The largest absolute Gasteiger partial charge is 0.325 e. The minimum Gasteiger partial charge on any atom is -0.325 e. The number of carbonyl (C=O) groups is 1. The molecule has 0 spiro atoms. The van der Waals surface area contributed by atoms with Crippen molar-refractivity contribution < 1.29 is 4.79 Å². The highest BCUT2D eigenvalue weighted by atomic mass is 32.2. The number of hydrogen-bond donors (Lipinski definition) is 1. The highest BCUT2D eigenvalue weighted by molar-refractivity contribution is 7.99. The Bertz CT molecular complexity index is 1130. The van der Waals surface area contributed by atoms with E-state index in [1.165, 1.54) is 28.6 Å². The highest BCUT2D eigenvalue weighted by Crippen LogP contribution is 2.34. The standard InChI is InChI=1S/C22H25N3O2S2/c1-13(2)14-8-4-6-10-16(14)23-18(26)12-28-22-24-20-19(21(27)25(22)3)15-9-5-7-11-17(15)29-20/h4,6,8,10,13H,5,7,9,11-12H2,1-3H3,(H,23,26). The maximum absolute atomic E-state index is 13.0. The summed E-state index contributed by atoms with van der Waals surface area (Å²) in [5, 5.41) is 4.38. The van der Waals surface area contributed by atoms with Crippen LogP contribution >= 0.6 is 23.1 Å². The first-order valence-corrected chi connectivity index (χ1v) is 11.8. The maximum Gasteiger partial charge on any atom is 0.262 e. The van der Waals surface area contributed by atoms with Gasteiger partial charge in [0, 0.05) is 17.6 Å². The molecule has 1 aliphatic rings. The third-order valence-electron chi connectivity index (χ3n) is 5.34. The number of thioether (sulfide) groups is 1. The van der Waals surface area contributed by atoms with Gasteiger partial charge in [0.05, 0.1) is 11.1 Å². The van der Waals surface area contributed by atoms with Gasteiger partial charge >= 0.3 is 0 Å². The number of aryl methyl sites for hydroxylation is 2. The van der Waals surface area contributed by atoms with Gasteiger partial charge < -0.3 is 5.32 Å². The summed E-state index contributed by atoms with van der Waals surface area (Å²) in [6.07, 6.45) is 4.33. The van der Waals surface area contributed by atoms with Gasteiger partial charge in [-0.3, -0.25) is 14.2 Å². The number of anilines is 1. The molecule has 0 unspecified atom stereocenters. The van der Waals surface area contributed by atoms with Crippen molar-refractivity contribution in [3.63, 3.8) is 0 Å². The Morgan fingerprint density at radius 1 is 1.28 bits per heavy atom. The van der Waals surface area contributed by atoms with Crippen LogP contribution in [0.5, 0.6) is 0 Å². The normalized spacial score (nSPS) is 13.7. The van der Waals surface area contributed by atoms with Gasteiger partial charge in [-0.2, -0.15) is 0 Å². The Morgan fingerprint density at radius 2 is 2.03 bits per heavy atom. The second-order valence-corrected chi connectivity index (χ2v) is 9.75. The fourth-order valence-electron chi connectivity index (χ4n) is 3.83. The van der Waals surface area contributed by atoms with E-state index in [1.807, 2.05) is 24.3 Å². The molecule has 0 aliphatic heterocycles. The van der Waals surface area contributed by atoms with Gasteiger partial charge in [-0.25, -0.2) is 4.98 Å². The molecule has 1 amide bonds. The molecule has 0 atom stereocenters. The summed E-state index contributed by atoms with van der Waals surface area (Å²) >= 11 is 2.95. The first-order valence-electron chi connectivity index (χ1n) is 9.98. The molecule has 0 fully saturated rings. The highest BCUT2D eigenvalue weighted by Gasteiger charge is 2.21. The van der Waals surface area contributed by atoms with Crippen molar-refractivity contribution in [2.45, 2.75) is 50.6 Å². The zero-order valence-corrected chi connectivity index (χ0v) is 18.6. The molecule has 1 aromatic carbocycles. The molecule has 152 valence electrons. The molecule has 0 bridgehead atoms. The lowest BCUT2D eigenvalue weighted by Crippen LogP contribution is -2.22. The monoisotopic (exact) mass is 427 g/mol. The number of thiophene rings is 1. The van der Waals surface area contributed by atoms with E-state index < -0.39 is 0 Å². The van der Waals surface area contributed by atoms with Crippen LogP contribution in [-0.2, 0) is 24.7 Å². The molecular formula is C22H25N3O2S2. The van der Waals surface area contributed by atoms with Gasteiger partial charge in [-0.05, 0) is 48.8 Å². The Balaban J connectivity index is 1.54. The van der Waals surface area contributed by atoms with Crippen LogP contribution in [-0.4, -0.2) is 21.2 Å². The fourth-order valence-corrected chi connectivity index (χ4v) is 5.90. The number of carbonyl (C=O) groups excluding carboxylic acids is 1. The van der Waals surface area contributed by atoms with E-state index in [9.17, 15) is 9.59 Å². The number of para-hydroxylation sites is 1. The molecule has 2 heterocycles. The molecule has 0 radical (unpaired) electrons. The van der Waals surface area contributed by atoms with Crippen molar-refractivity contribution in [3.8, 4) is 0 Å². The van der Waals surface area contributed by atoms with Crippen molar-refractivity contribution in [2.75, 3.05) is 11.1 Å². The van der Waals surface area contributed by atoms with E-state index >= 15 is 0 Å². The molecule has 5 nitrogen and oxygen atoms in total. The molecule has 1 aliphatic carbocycles. The Kier molecular flexibility index (Phi) is 5.79. The fraction of sp³-hybridized carbons (Fsp3) is 0.409. The number of hydrogen-bond acceptors (Lipinski definition) is 5. The van der Waals surface area contributed by atoms with Crippen LogP contribution in [0.2, 0.25) is 0 Å². The second kappa shape index (κ2) is 8.32. The van der Waals surface area contributed by atoms with E-state index in [4.69, 9.17) is 4.98 Å². The first-order chi connectivity index (χ1) is 14.0. The number of nitrogens with zero attached hydrogens (tertiary/aromatic N) is 2. The lowest BCUT2D eigenvalue weighted by molar-refractivity contribution is -0.113. The maximum atomic E-state index is 13.0. The average Bonchev–Trinajstić information content (AvgIpc) is 3.08. The molecule has 3 aromatic rings. The van der Waals surface area contributed by atoms with Crippen molar-refractivity contribution in [2.24, 2.45) is 7.05 Å². The van der Waals surface area contributed by atoms with Crippen LogP contribution in [0.25, 0.3) is 10.2 Å². The number of aromatic nitrogens is 2. The Hall–Kier alpha value is -2.12. The lowest BCUT2D eigenvalue weighted by Gasteiger charge is -2.14. The van der Waals surface area contributed by atoms with Crippen LogP contribution in [0.3, 0.4) is 0 Å². The van der Waals surface area contributed by atoms with Gasteiger partial charge in [0.25, 0.3) is 5.56 Å². The predicted octanol–water partition coefficient (Wildman–Crippen LogP) is 4.73. The number of amides is 1. The Morgan fingerprint density at radius 3 is 2.83 bits per heavy atom. The van der Waals surface area contributed by atoms with Crippen LogP contribution in [0.1, 0.15) is 48.6 Å². The second-order valence-electron chi connectivity index (χ2n) is 7.73. The van der Waals surface area contributed by atoms with Gasteiger partial charge in [-0.1, -0.05) is 43.8 Å². The smallest absolute Gasteiger partial charge is 0.262 e. The molecule has 0 saturated heterocycles. The quantitative estimate of drug-likeness (QED) is 0.472. The molecular weight excluding hydrogens is 402 g/mol. The average molecular weight is 428 g/mol. The summed E-state index contributed by atoms with van der Waals surface area (Å²) in [6.45, 7) is 4.21. The third kappa shape index (κ3) is 3.98. The Labute approximate surface area is 178 Å². The van der Waals surface area contributed by atoms with Crippen molar-refractivity contribution in [3.05, 3.63) is 50.6 Å². The molecule has 1 N–H and O–H groups in total. The van der Waals surface area contributed by atoms with Gasteiger partial charge in [0.15, 0.2) is 5.16 Å². The van der Waals surface area contributed by atoms with Crippen molar-refractivity contribution in [1.29, 1.82) is 0 Å². The van der Waals surface area contributed by atoms with Crippen LogP contribution < -0.4 is 10.9 Å². The first kappa shape index (κ1) is 20.2. The predicted molar refractivity (Wildman–Crippen MR) is 121 cm³/mol. The van der Waals surface area contributed by atoms with Gasteiger partial charge in [0.2, 0.25) is 5.91 Å².